The summed E-state index contributed by atoms with van der Waals surface area (Å²) in [5.41, 5.74) is 2.89. The number of rotatable bonds is 3. The van der Waals surface area contributed by atoms with E-state index < -0.39 is 12.0 Å². The van der Waals surface area contributed by atoms with E-state index in [0.29, 0.717) is 30.8 Å². The van der Waals surface area contributed by atoms with E-state index in [0.717, 1.165) is 30.5 Å². The van der Waals surface area contributed by atoms with Crippen LogP contribution in [0.15, 0.2) is 24.3 Å². The van der Waals surface area contributed by atoms with Gasteiger partial charge in [0, 0.05) is 17.8 Å². The van der Waals surface area contributed by atoms with Crippen LogP contribution in [0.1, 0.15) is 41.0 Å². The van der Waals surface area contributed by atoms with Crippen LogP contribution in [0.4, 0.5) is 4.39 Å². The van der Waals surface area contributed by atoms with E-state index in [1.807, 2.05) is 0 Å². The molecule has 4 rings (SSSR count). The van der Waals surface area contributed by atoms with Gasteiger partial charge in [0.25, 0.3) is 5.91 Å². The number of likely N-dealkylation sites (tertiary alicyclic amines) is 1. The number of nitrogens with zero attached hydrogens (tertiary/aromatic N) is 3. The van der Waals surface area contributed by atoms with Gasteiger partial charge in [0.1, 0.15) is 11.9 Å². The first kappa shape index (κ1) is 15.8. The normalized spacial score (nSPS) is 19.2. The average molecular weight is 343 g/mol. The zero-order valence-electron chi connectivity index (χ0n) is 13.6. The van der Waals surface area contributed by atoms with Gasteiger partial charge in [-0.15, -0.1) is 0 Å². The number of carboxylic acids is 1. The minimum absolute atomic E-state index is 0.316. The Morgan fingerprint density at radius 3 is 2.64 bits per heavy atom. The number of carboxylic acid groups (broad SMARTS) is 1. The van der Waals surface area contributed by atoms with Crippen molar-refractivity contribution in [3.8, 4) is 5.69 Å². The summed E-state index contributed by atoms with van der Waals surface area (Å²) in [6, 6.07) is 5.21. The molecule has 1 aliphatic heterocycles. The molecular formula is C18H18FN3O3. The van der Waals surface area contributed by atoms with Crippen LogP contribution in [0, 0.1) is 5.82 Å². The van der Waals surface area contributed by atoms with Gasteiger partial charge in [0.05, 0.1) is 5.69 Å². The predicted molar refractivity (Wildman–Crippen MR) is 87.2 cm³/mol. The minimum Gasteiger partial charge on any atom is -0.480 e. The Labute approximate surface area is 143 Å². The third-order valence-corrected chi connectivity index (χ3v) is 5.00. The fraction of sp³-hybridized carbons (Fsp3) is 0.389. The van der Waals surface area contributed by atoms with E-state index in [9.17, 15) is 19.1 Å². The van der Waals surface area contributed by atoms with Crippen LogP contribution in [0.25, 0.3) is 5.69 Å². The number of amides is 1. The SMILES string of the molecule is O=C(O)[C@@H]1CCCN1C(=O)c1nn(-c2ccc(F)cc2)c2c1CCC2. The first-order valence-corrected chi connectivity index (χ1v) is 8.47. The van der Waals surface area contributed by atoms with E-state index in [4.69, 9.17) is 0 Å². The van der Waals surface area contributed by atoms with Crippen molar-refractivity contribution in [3.63, 3.8) is 0 Å². The molecule has 1 amide bonds. The summed E-state index contributed by atoms with van der Waals surface area (Å²) >= 11 is 0. The number of carbonyl (C=O) groups excluding carboxylic acids is 1. The molecule has 1 aromatic heterocycles. The predicted octanol–water partition coefficient (Wildman–Crippen LogP) is 2.19. The Hall–Kier alpha value is -2.70. The van der Waals surface area contributed by atoms with Crippen molar-refractivity contribution in [2.75, 3.05) is 6.54 Å². The van der Waals surface area contributed by atoms with Crippen molar-refractivity contribution in [2.24, 2.45) is 0 Å². The summed E-state index contributed by atoms with van der Waals surface area (Å²) in [4.78, 5) is 25.7. The summed E-state index contributed by atoms with van der Waals surface area (Å²) in [7, 11) is 0. The highest BCUT2D eigenvalue weighted by Crippen LogP contribution is 2.30. The number of benzene rings is 1. The largest absolute Gasteiger partial charge is 0.480 e. The fourth-order valence-electron chi connectivity index (χ4n) is 3.81. The minimum atomic E-state index is -0.972. The molecule has 0 spiro atoms. The van der Waals surface area contributed by atoms with Gasteiger partial charge in [-0.05, 0) is 56.4 Å². The van der Waals surface area contributed by atoms with Crippen LogP contribution in [0.2, 0.25) is 0 Å². The van der Waals surface area contributed by atoms with Gasteiger partial charge in [-0.25, -0.2) is 13.9 Å². The standard InChI is InChI=1S/C18H18FN3O3/c19-11-6-8-12(9-7-11)22-14-4-1-3-13(14)16(20-22)17(23)21-10-2-5-15(21)18(24)25/h6-9,15H,1-5,10H2,(H,24,25)/t15-/m0/s1. The van der Waals surface area contributed by atoms with Crippen LogP contribution in [0.5, 0.6) is 0 Å². The molecule has 1 aromatic carbocycles. The molecule has 2 aliphatic rings. The van der Waals surface area contributed by atoms with Crippen molar-refractivity contribution in [1.29, 1.82) is 0 Å². The van der Waals surface area contributed by atoms with Crippen LogP contribution in [-0.2, 0) is 17.6 Å². The molecule has 25 heavy (non-hydrogen) atoms. The third kappa shape index (κ3) is 2.59. The summed E-state index contributed by atoms with van der Waals surface area (Å²) in [5.74, 6) is -1.62. The molecule has 1 saturated heterocycles. The lowest BCUT2D eigenvalue weighted by atomic mass is 10.1. The maximum atomic E-state index is 13.2. The van der Waals surface area contributed by atoms with Crippen molar-refractivity contribution in [2.45, 2.75) is 38.1 Å². The van der Waals surface area contributed by atoms with Crippen molar-refractivity contribution in [3.05, 3.63) is 47.0 Å². The Morgan fingerprint density at radius 1 is 1.16 bits per heavy atom. The van der Waals surface area contributed by atoms with Crippen LogP contribution < -0.4 is 0 Å². The first-order chi connectivity index (χ1) is 12.1. The smallest absolute Gasteiger partial charge is 0.326 e. The second-order valence-electron chi connectivity index (χ2n) is 6.51. The van der Waals surface area contributed by atoms with E-state index in [-0.39, 0.29) is 11.7 Å². The Kier molecular flexibility index (Phi) is 3.78. The molecule has 7 heteroatoms. The Morgan fingerprint density at radius 2 is 1.92 bits per heavy atom. The molecule has 0 saturated carbocycles. The van der Waals surface area contributed by atoms with Gasteiger partial charge < -0.3 is 10.0 Å². The van der Waals surface area contributed by atoms with Gasteiger partial charge in [0.15, 0.2) is 5.69 Å². The number of aromatic nitrogens is 2. The zero-order chi connectivity index (χ0) is 17.6. The first-order valence-electron chi connectivity index (χ1n) is 8.47. The molecule has 1 N–H and O–H groups in total. The molecule has 1 fully saturated rings. The van der Waals surface area contributed by atoms with Crippen LogP contribution in [0.3, 0.4) is 0 Å². The lowest BCUT2D eigenvalue weighted by Crippen LogP contribution is -2.40. The molecule has 1 aliphatic carbocycles. The average Bonchev–Trinajstić information content (AvgIpc) is 3.31. The maximum Gasteiger partial charge on any atom is 0.326 e. The van der Waals surface area contributed by atoms with Crippen molar-refractivity contribution >= 4 is 11.9 Å². The highest BCUT2D eigenvalue weighted by atomic mass is 19.1. The van der Waals surface area contributed by atoms with E-state index in [1.165, 1.54) is 17.0 Å². The second-order valence-corrected chi connectivity index (χ2v) is 6.51. The van der Waals surface area contributed by atoms with Gasteiger partial charge in [-0.1, -0.05) is 0 Å². The van der Waals surface area contributed by atoms with Crippen LogP contribution in [-0.4, -0.2) is 44.3 Å². The van der Waals surface area contributed by atoms with Crippen molar-refractivity contribution < 1.29 is 19.1 Å². The molecule has 0 radical (unpaired) electrons. The number of halogens is 1. The quantitative estimate of drug-likeness (QED) is 0.927. The molecule has 130 valence electrons. The second kappa shape index (κ2) is 5.98. The van der Waals surface area contributed by atoms with Crippen LogP contribution >= 0.6 is 0 Å². The van der Waals surface area contributed by atoms with Crippen molar-refractivity contribution in [1.82, 2.24) is 14.7 Å². The number of aliphatic carboxylic acids is 1. The summed E-state index contributed by atoms with van der Waals surface area (Å²) in [5, 5.41) is 13.8. The fourth-order valence-corrected chi connectivity index (χ4v) is 3.81. The summed E-state index contributed by atoms with van der Waals surface area (Å²) in [6.07, 6.45) is 3.64. The highest BCUT2D eigenvalue weighted by Gasteiger charge is 2.37. The van der Waals surface area contributed by atoms with Gasteiger partial charge in [0.2, 0.25) is 0 Å². The molecule has 0 unspecified atom stereocenters. The van der Waals surface area contributed by atoms with E-state index in [2.05, 4.69) is 5.10 Å². The molecule has 2 heterocycles. The van der Waals surface area contributed by atoms with Gasteiger partial charge in [-0.3, -0.25) is 4.79 Å². The third-order valence-electron chi connectivity index (χ3n) is 5.00. The molecule has 2 aromatic rings. The number of hydrogen-bond donors (Lipinski definition) is 1. The Balaban J connectivity index is 1.74. The molecule has 0 bridgehead atoms. The summed E-state index contributed by atoms with van der Waals surface area (Å²) in [6.45, 7) is 0.438. The Bertz CT molecular complexity index is 844. The lowest BCUT2D eigenvalue weighted by molar-refractivity contribution is -0.141. The molecule has 6 nitrogen and oxygen atoms in total. The topological polar surface area (TPSA) is 75.4 Å². The lowest BCUT2D eigenvalue weighted by Gasteiger charge is -2.20. The van der Waals surface area contributed by atoms with E-state index >= 15 is 0 Å². The van der Waals surface area contributed by atoms with Gasteiger partial charge in [-0.2, -0.15) is 5.10 Å². The summed E-state index contributed by atoms with van der Waals surface area (Å²) < 4.78 is 14.9. The monoisotopic (exact) mass is 343 g/mol. The maximum absolute atomic E-state index is 13.2. The number of carbonyl (C=O) groups is 2. The van der Waals surface area contributed by atoms with E-state index in [1.54, 1.807) is 16.8 Å². The number of fused-ring (bicyclic) bond motifs is 1. The molecular weight excluding hydrogens is 325 g/mol. The highest BCUT2D eigenvalue weighted by molar-refractivity contribution is 5.97. The number of hydrogen-bond acceptors (Lipinski definition) is 3. The zero-order valence-corrected chi connectivity index (χ0v) is 13.6. The van der Waals surface area contributed by atoms with Gasteiger partial charge >= 0.3 is 5.97 Å². The molecule has 1 atom stereocenters.